The van der Waals surface area contributed by atoms with Gasteiger partial charge in [-0.2, -0.15) is 0 Å². The average Bonchev–Trinajstić information content (AvgIpc) is 2.76. The van der Waals surface area contributed by atoms with Crippen molar-refractivity contribution in [2.75, 3.05) is 33.5 Å². The molecule has 5 atom stereocenters. The number of allylic oxidation sites excluding steroid dienone is 2. The molecule has 2 aliphatic heterocycles. The third-order valence-electron chi connectivity index (χ3n) is 7.33. The number of methoxy groups -OCH3 is 1. The van der Waals surface area contributed by atoms with E-state index in [-0.39, 0.29) is 11.3 Å². The van der Waals surface area contributed by atoms with Crippen LogP contribution in [0.1, 0.15) is 12.0 Å². The molecular formula is C24H28O4. The Morgan fingerprint density at radius 3 is 2.93 bits per heavy atom. The molecule has 0 N–H and O–H groups in total. The number of ether oxygens (including phenoxy) is 4. The molecule has 1 aromatic rings. The molecule has 4 heteroatoms. The van der Waals surface area contributed by atoms with E-state index >= 15 is 0 Å². The standard InChI is InChI=1S/C24H28O4/c1-3-22(17-27-14-18-7-5-4-6-8-18)19-9-11-23-20(15-26-16-21(23)13-19)10-12-28-24(22,23)25-2/h3-9,11,13,19-20H,1,10,12,14-17H2,2H3/t19-,20-,22+,23-,24-/m0/s1. The summed E-state index contributed by atoms with van der Waals surface area (Å²) in [5, 5.41) is 0. The Balaban J connectivity index is 1.55. The highest BCUT2D eigenvalue weighted by molar-refractivity contribution is 5.46. The molecular weight excluding hydrogens is 352 g/mol. The summed E-state index contributed by atoms with van der Waals surface area (Å²) in [4.78, 5) is 0. The lowest BCUT2D eigenvalue weighted by Crippen LogP contribution is -2.74. The van der Waals surface area contributed by atoms with Crippen LogP contribution in [-0.4, -0.2) is 39.3 Å². The van der Waals surface area contributed by atoms with E-state index in [4.69, 9.17) is 18.9 Å². The first-order chi connectivity index (χ1) is 13.7. The molecule has 0 amide bonds. The van der Waals surface area contributed by atoms with Gasteiger partial charge in [-0.05, 0) is 17.6 Å². The second kappa shape index (κ2) is 6.67. The van der Waals surface area contributed by atoms with Gasteiger partial charge in [0.2, 0.25) is 0 Å². The summed E-state index contributed by atoms with van der Waals surface area (Å²) < 4.78 is 25.1. The molecule has 2 bridgehead atoms. The quantitative estimate of drug-likeness (QED) is 0.702. The topological polar surface area (TPSA) is 36.9 Å². The zero-order valence-electron chi connectivity index (χ0n) is 16.4. The van der Waals surface area contributed by atoms with Crippen molar-refractivity contribution < 1.29 is 18.9 Å². The zero-order valence-corrected chi connectivity index (χ0v) is 16.4. The van der Waals surface area contributed by atoms with Crippen LogP contribution in [0.5, 0.6) is 0 Å². The van der Waals surface area contributed by atoms with E-state index in [1.807, 2.05) is 24.3 Å². The molecule has 0 saturated carbocycles. The second-order valence-electron chi connectivity index (χ2n) is 8.34. The van der Waals surface area contributed by atoms with Gasteiger partial charge in [0, 0.05) is 18.9 Å². The second-order valence-corrected chi connectivity index (χ2v) is 8.34. The number of rotatable bonds is 6. The van der Waals surface area contributed by atoms with Crippen molar-refractivity contribution in [3.63, 3.8) is 0 Å². The van der Waals surface area contributed by atoms with E-state index in [9.17, 15) is 0 Å². The SMILES string of the molecule is C=C[C@@]1(COCc2ccccc2)[C@H]2C=C[C@@]34C(=C2)COC[C@@H]3CCO[C@@]14OC. The largest absolute Gasteiger partial charge is 0.377 e. The van der Waals surface area contributed by atoms with E-state index in [1.165, 1.54) is 5.57 Å². The Hall–Kier alpha value is -1.72. The molecule has 6 rings (SSSR count). The predicted molar refractivity (Wildman–Crippen MR) is 106 cm³/mol. The van der Waals surface area contributed by atoms with Crippen LogP contribution in [0.4, 0.5) is 0 Å². The van der Waals surface area contributed by atoms with Crippen LogP contribution in [0, 0.1) is 22.7 Å². The smallest absolute Gasteiger partial charge is 0.193 e. The number of hydrogen-bond acceptors (Lipinski definition) is 4. The Morgan fingerprint density at radius 1 is 1.29 bits per heavy atom. The first kappa shape index (κ1) is 18.3. The van der Waals surface area contributed by atoms with Crippen molar-refractivity contribution in [2.24, 2.45) is 22.7 Å². The molecule has 28 heavy (non-hydrogen) atoms. The van der Waals surface area contributed by atoms with Gasteiger partial charge in [0.1, 0.15) is 0 Å². The lowest BCUT2D eigenvalue weighted by molar-refractivity contribution is -0.373. The molecule has 5 aliphatic rings. The highest BCUT2D eigenvalue weighted by Crippen LogP contribution is 2.69. The summed E-state index contributed by atoms with van der Waals surface area (Å²) in [5.74, 6) is -0.362. The lowest BCUT2D eigenvalue weighted by Gasteiger charge is -2.68. The van der Waals surface area contributed by atoms with Crippen molar-refractivity contribution in [1.29, 1.82) is 0 Å². The van der Waals surface area contributed by atoms with Crippen molar-refractivity contribution in [1.82, 2.24) is 0 Å². The Bertz CT molecular complexity index is 813. The molecule has 1 spiro atoms. The summed E-state index contributed by atoms with van der Waals surface area (Å²) in [5.41, 5.74) is 1.66. The van der Waals surface area contributed by atoms with Crippen LogP contribution in [0.15, 0.2) is 66.8 Å². The van der Waals surface area contributed by atoms with E-state index in [2.05, 4.69) is 36.9 Å². The Labute approximate surface area is 166 Å². The monoisotopic (exact) mass is 380 g/mol. The average molecular weight is 380 g/mol. The zero-order chi connectivity index (χ0) is 19.2. The lowest BCUT2D eigenvalue weighted by atomic mass is 9.45. The van der Waals surface area contributed by atoms with E-state index in [1.54, 1.807) is 7.11 Å². The third-order valence-corrected chi connectivity index (χ3v) is 7.33. The summed E-state index contributed by atoms with van der Waals surface area (Å²) in [6, 6.07) is 10.3. The summed E-state index contributed by atoms with van der Waals surface area (Å²) in [7, 11) is 1.77. The van der Waals surface area contributed by atoms with Gasteiger partial charge in [-0.1, -0.05) is 54.6 Å². The summed E-state index contributed by atoms with van der Waals surface area (Å²) in [6.45, 7) is 7.33. The van der Waals surface area contributed by atoms with Gasteiger partial charge in [-0.25, -0.2) is 0 Å². The van der Waals surface area contributed by atoms with Crippen LogP contribution in [0.3, 0.4) is 0 Å². The fourth-order valence-electron chi connectivity index (χ4n) is 6.06. The van der Waals surface area contributed by atoms with Gasteiger partial charge in [0.15, 0.2) is 5.79 Å². The maximum Gasteiger partial charge on any atom is 0.193 e. The van der Waals surface area contributed by atoms with Crippen LogP contribution in [0.2, 0.25) is 0 Å². The normalized spacial score (nSPS) is 40.7. The maximum absolute atomic E-state index is 6.57. The van der Waals surface area contributed by atoms with Crippen LogP contribution in [-0.2, 0) is 25.6 Å². The fraction of sp³-hybridized carbons (Fsp3) is 0.500. The minimum Gasteiger partial charge on any atom is -0.377 e. The minimum atomic E-state index is -0.811. The number of benzene rings is 1. The minimum absolute atomic E-state index is 0.109. The molecule has 0 unspecified atom stereocenters. The molecule has 2 saturated heterocycles. The van der Waals surface area contributed by atoms with Gasteiger partial charge >= 0.3 is 0 Å². The van der Waals surface area contributed by atoms with Gasteiger partial charge in [0.05, 0.1) is 43.9 Å². The van der Waals surface area contributed by atoms with Gasteiger partial charge in [0.25, 0.3) is 0 Å². The van der Waals surface area contributed by atoms with Crippen LogP contribution in [0.25, 0.3) is 0 Å². The van der Waals surface area contributed by atoms with Crippen molar-refractivity contribution in [3.8, 4) is 0 Å². The van der Waals surface area contributed by atoms with E-state index < -0.39 is 11.2 Å². The fourth-order valence-corrected chi connectivity index (χ4v) is 6.06. The molecule has 2 heterocycles. The van der Waals surface area contributed by atoms with E-state index in [0.29, 0.717) is 32.3 Å². The van der Waals surface area contributed by atoms with Crippen molar-refractivity contribution >= 4 is 0 Å². The van der Waals surface area contributed by atoms with Crippen molar-refractivity contribution in [2.45, 2.75) is 18.8 Å². The van der Waals surface area contributed by atoms with Gasteiger partial charge in [-0.15, -0.1) is 6.58 Å². The van der Waals surface area contributed by atoms with Gasteiger partial charge in [-0.3, -0.25) is 0 Å². The highest BCUT2D eigenvalue weighted by Gasteiger charge is 2.74. The first-order valence-electron chi connectivity index (χ1n) is 10.1. The maximum atomic E-state index is 6.57. The molecule has 148 valence electrons. The van der Waals surface area contributed by atoms with Crippen LogP contribution >= 0.6 is 0 Å². The Kier molecular flexibility index (Phi) is 4.36. The summed E-state index contributed by atoms with van der Waals surface area (Å²) in [6.07, 6.45) is 9.98. The molecule has 3 aliphatic carbocycles. The first-order valence-corrected chi connectivity index (χ1v) is 10.1. The highest BCUT2D eigenvalue weighted by atomic mass is 16.7. The molecule has 1 aromatic carbocycles. The molecule has 4 nitrogen and oxygen atoms in total. The molecule has 2 fully saturated rings. The van der Waals surface area contributed by atoms with Gasteiger partial charge < -0.3 is 18.9 Å². The molecule has 0 aromatic heterocycles. The Morgan fingerprint density at radius 2 is 2.14 bits per heavy atom. The third kappa shape index (κ3) is 2.15. The predicted octanol–water partition coefficient (Wildman–Crippen LogP) is 3.90. The van der Waals surface area contributed by atoms with Crippen LogP contribution < -0.4 is 0 Å². The van der Waals surface area contributed by atoms with E-state index in [0.717, 1.165) is 18.6 Å². The van der Waals surface area contributed by atoms with Crippen molar-refractivity contribution in [3.05, 3.63) is 72.4 Å². The number of hydrogen-bond donors (Lipinski definition) is 0. The summed E-state index contributed by atoms with van der Waals surface area (Å²) >= 11 is 0. The molecule has 0 radical (unpaired) electrons.